The molecule has 1 fully saturated rings. The van der Waals surface area contributed by atoms with Gasteiger partial charge in [-0.15, -0.1) is 0 Å². The minimum atomic E-state index is -4.54. The minimum absolute atomic E-state index is 0.271. The van der Waals surface area contributed by atoms with Gasteiger partial charge in [0.15, 0.2) is 0 Å². The first-order chi connectivity index (χ1) is 9.82. The van der Waals surface area contributed by atoms with Crippen LogP contribution in [0.1, 0.15) is 42.1 Å². The van der Waals surface area contributed by atoms with Crippen molar-refractivity contribution in [1.82, 2.24) is 4.90 Å². The highest BCUT2D eigenvalue weighted by atomic mass is 79.9. The van der Waals surface area contributed by atoms with E-state index in [0.717, 1.165) is 25.3 Å². The van der Waals surface area contributed by atoms with Crippen LogP contribution in [0.4, 0.5) is 13.2 Å². The number of carbonyl (C=O) groups excluding carboxylic acids is 1. The van der Waals surface area contributed by atoms with Crippen LogP contribution in [-0.2, 0) is 6.18 Å². The van der Waals surface area contributed by atoms with Crippen molar-refractivity contribution in [1.29, 1.82) is 0 Å². The van der Waals surface area contributed by atoms with Gasteiger partial charge in [0.1, 0.15) is 0 Å². The second-order valence-corrected chi connectivity index (χ2v) is 6.24. The Morgan fingerprint density at radius 2 is 2.05 bits per heavy atom. The van der Waals surface area contributed by atoms with Gasteiger partial charge in [-0.1, -0.05) is 22.4 Å². The summed E-state index contributed by atoms with van der Waals surface area (Å²) in [6, 6.07) is 3.68. The molecule has 0 heterocycles. The predicted molar refractivity (Wildman–Crippen MR) is 78.1 cm³/mol. The van der Waals surface area contributed by atoms with Crippen LogP contribution < -0.4 is 0 Å². The molecule has 1 saturated carbocycles. The lowest BCUT2D eigenvalue weighted by atomic mass is 9.85. The number of benzene rings is 1. The summed E-state index contributed by atoms with van der Waals surface area (Å²) in [7, 11) is 0. The van der Waals surface area contributed by atoms with E-state index >= 15 is 0 Å². The highest BCUT2D eigenvalue weighted by Gasteiger charge is 2.36. The van der Waals surface area contributed by atoms with Crippen molar-refractivity contribution < 1.29 is 18.0 Å². The number of nitrogens with zero attached hydrogens (tertiary/aromatic N) is 1. The van der Waals surface area contributed by atoms with Crippen LogP contribution in [0, 0.1) is 5.92 Å². The lowest BCUT2D eigenvalue weighted by molar-refractivity contribution is -0.138. The molecule has 2 rings (SSSR count). The number of halogens is 4. The number of hydrogen-bond acceptors (Lipinski definition) is 1. The van der Waals surface area contributed by atoms with Gasteiger partial charge in [-0.3, -0.25) is 4.79 Å². The fourth-order valence-corrected chi connectivity index (χ4v) is 2.81. The van der Waals surface area contributed by atoms with Crippen LogP contribution in [0.2, 0.25) is 0 Å². The third-order valence-corrected chi connectivity index (χ3v) is 4.38. The van der Waals surface area contributed by atoms with Crippen molar-refractivity contribution in [3.63, 3.8) is 0 Å². The fraction of sp³-hybridized carbons (Fsp3) is 0.533. The average Bonchev–Trinajstić information content (AvgIpc) is 2.36. The summed E-state index contributed by atoms with van der Waals surface area (Å²) in [6.07, 6.45) is -1.29. The van der Waals surface area contributed by atoms with E-state index in [1.165, 1.54) is 17.0 Å². The van der Waals surface area contributed by atoms with Crippen molar-refractivity contribution in [3.8, 4) is 0 Å². The minimum Gasteiger partial charge on any atom is -0.339 e. The number of carbonyl (C=O) groups is 1. The highest BCUT2D eigenvalue weighted by Crippen LogP contribution is 2.35. The molecule has 0 aliphatic heterocycles. The summed E-state index contributed by atoms with van der Waals surface area (Å²) < 4.78 is 39.6. The van der Waals surface area contributed by atoms with Gasteiger partial charge in [0.05, 0.1) is 11.1 Å². The zero-order chi connectivity index (χ0) is 15.6. The van der Waals surface area contributed by atoms with Crippen molar-refractivity contribution in [2.75, 3.05) is 13.1 Å². The smallest absolute Gasteiger partial charge is 0.339 e. The molecule has 1 aliphatic rings. The van der Waals surface area contributed by atoms with Crippen molar-refractivity contribution in [2.45, 2.75) is 32.4 Å². The zero-order valence-electron chi connectivity index (χ0n) is 11.7. The molecular formula is C15H17BrF3NO. The molecular weight excluding hydrogens is 347 g/mol. The summed E-state index contributed by atoms with van der Waals surface area (Å²) in [5.41, 5.74) is -1.15. The molecule has 0 atom stereocenters. The van der Waals surface area contributed by atoms with Crippen LogP contribution in [0.3, 0.4) is 0 Å². The molecule has 0 N–H and O–H groups in total. The Morgan fingerprint density at radius 1 is 1.38 bits per heavy atom. The van der Waals surface area contributed by atoms with Crippen LogP contribution in [0.25, 0.3) is 0 Å². The van der Waals surface area contributed by atoms with Crippen LogP contribution in [0.15, 0.2) is 22.7 Å². The third-order valence-electron chi connectivity index (χ3n) is 3.89. The first kappa shape index (κ1) is 16.3. The van der Waals surface area contributed by atoms with Gasteiger partial charge in [0.2, 0.25) is 0 Å². The topological polar surface area (TPSA) is 20.3 Å². The van der Waals surface area contributed by atoms with Gasteiger partial charge in [-0.05, 0) is 43.9 Å². The number of alkyl halides is 3. The van der Waals surface area contributed by atoms with Gasteiger partial charge in [-0.25, -0.2) is 0 Å². The Bertz CT molecular complexity index is 526. The summed E-state index contributed by atoms with van der Waals surface area (Å²) >= 11 is 3.03. The normalized spacial score (nSPS) is 15.7. The first-order valence-electron chi connectivity index (χ1n) is 6.99. The van der Waals surface area contributed by atoms with E-state index in [4.69, 9.17) is 0 Å². The van der Waals surface area contributed by atoms with E-state index in [1.54, 1.807) is 6.92 Å². The molecule has 1 aromatic rings. The SMILES string of the molecule is CCN(CC1CCC1)C(=O)c1ccc(Br)cc1C(F)(F)F. The van der Waals surface area contributed by atoms with Crippen molar-refractivity contribution in [3.05, 3.63) is 33.8 Å². The maximum absolute atomic E-state index is 13.1. The van der Waals surface area contributed by atoms with Crippen LogP contribution >= 0.6 is 15.9 Å². The lowest BCUT2D eigenvalue weighted by Crippen LogP contribution is -2.38. The standard InChI is InChI=1S/C15H17BrF3NO/c1-2-20(9-10-4-3-5-10)14(21)12-7-6-11(16)8-13(12)15(17,18)19/h6-8,10H,2-5,9H2,1H3. The molecule has 0 radical (unpaired) electrons. The van der Waals surface area contributed by atoms with Crippen molar-refractivity contribution in [2.24, 2.45) is 5.92 Å². The molecule has 21 heavy (non-hydrogen) atoms. The number of hydrogen-bond donors (Lipinski definition) is 0. The van der Waals surface area contributed by atoms with Crippen molar-refractivity contribution >= 4 is 21.8 Å². The molecule has 0 saturated heterocycles. The quantitative estimate of drug-likeness (QED) is 0.757. The lowest BCUT2D eigenvalue weighted by Gasteiger charge is -2.32. The van der Waals surface area contributed by atoms with Gasteiger partial charge in [0, 0.05) is 17.6 Å². The van der Waals surface area contributed by atoms with E-state index in [9.17, 15) is 18.0 Å². The second kappa shape index (κ2) is 6.38. The maximum Gasteiger partial charge on any atom is 0.417 e. The van der Waals surface area contributed by atoms with E-state index in [2.05, 4.69) is 15.9 Å². The summed E-state index contributed by atoms with van der Waals surface area (Å²) in [5, 5.41) is 0. The van der Waals surface area contributed by atoms with Crippen LogP contribution in [0.5, 0.6) is 0 Å². The molecule has 6 heteroatoms. The molecule has 0 spiro atoms. The Balaban J connectivity index is 2.28. The Labute approximate surface area is 130 Å². The second-order valence-electron chi connectivity index (χ2n) is 5.33. The Kier molecular flexibility index (Phi) is 4.96. The fourth-order valence-electron chi connectivity index (χ4n) is 2.45. The average molecular weight is 364 g/mol. The summed E-state index contributed by atoms with van der Waals surface area (Å²) in [4.78, 5) is 14.0. The first-order valence-corrected chi connectivity index (χ1v) is 7.78. The summed E-state index contributed by atoms with van der Waals surface area (Å²) in [6.45, 7) is 2.76. The molecule has 1 aromatic carbocycles. The molecule has 1 aliphatic carbocycles. The Morgan fingerprint density at radius 3 is 2.52 bits per heavy atom. The van der Waals surface area contributed by atoms with E-state index in [-0.39, 0.29) is 5.56 Å². The monoisotopic (exact) mass is 363 g/mol. The van der Waals surface area contributed by atoms with Gasteiger partial charge in [-0.2, -0.15) is 13.2 Å². The van der Waals surface area contributed by atoms with E-state index in [0.29, 0.717) is 23.5 Å². The predicted octanol–water partition coefficient (Wildman–Crippen LogP) is 4.73. The summed E-state index contributed by atoms with van der Waals surface area (Å²) in [5.74, 6) is -0.108. The molecule has 0 bridgehead atoms. The molecule has 0 unspecified atom stereocenters. The Hall–Kier alpha value is -1.04. The van der Waals surface area contributed by atoms with E-state index in [1.807, 2.05) is 0 Å². The van der Waals surface area contributed by atoms with E-state index < -0.39 is 17.6 Å². The van der Waals surface area contributed by atoms with Gasteiger partial charge in [0.25, 0.3) is 5.91 Å². The van der Waals surface area contributed by atoms with Crippen LogP contribution in [-0.4, -0.2) is 23.9 Å². The molecule has 1 amide bonds. The zero-order valence-corrected chi connectivity index (χ0v) is 13.3. The highest BCUT2D eigenvalue weighted by molar-refractivity contribution is 9.10. The molecule has 116 valence electrons. The maximum atomic E-state index is 13.1. The third kappa shape index (κ3) is 3.78. The largest absolute Gasteiger partial charge is 0.417 e. The molecule has 2 nitrogen and oxygen atoms in total. The molecule has 0 aromatic heterocycles. The number of amides is 1. The van der Waals surface area contributed by atoms with Gasteiger partial charge < -0.3 is 4.90 Å². The van der Waals surface area contributed by atoms with Gasteiger partial charge >= 0.3 is 6.18 Å². The number of rotatable bonds is 4.